The summed E-state index contributed by atoms with van der Waals surface area (Å²) in [6.07, 6.45) is 0. The van der Waals surface area contributed by atoms with E-state index in [0.717, 1.165) is 0 Å². The average Bonchev–Trinajstić information content (AvgIpc) is 2.37. The SMILES string of the molecule is CCOc1c(Cl)cc(C(=O)NCC(C)(C)N)cc1OC. The molecular weight excluding hydrogens is 280 g/mol. The summed E-state index contributed by atoms with van der Waals surface area (Å²) < 4.78 is 10.6. The number of halogens is 1. The summed E-state index contributed by atoms with van der Waals surface area (Å²) >= 11 is 6.12. The molecule has 0 aliphatic heterocycles. The highest BCUT2D eigenvalue weighted by Gasteiger charge is 2.17. The monoisotopic (exact) mass is 300 g/mol. The highest BCUT2D eigenvalue weighted by molar-refractivity contribution is 6.32. The Kier molecular flexibility index (Phi) is 5.65. The van der Waals surface area contributed by atoms with E-state index in [1.807, 2.05) is 20.8 Å². The summed E-state index contributed by atoms with van der Waals surface area (Å²) in [6.45, 7) is 6.33. The van der Waals surface area contributed by atoms with Gasteiger partial charge in [0.1, 0.15) is 0 Å². The molecule has 0 saturated heterocycles. The van der Waals surface area contributed by atoms with Crippen molar-refractivity contribution < 1.29 is 14.3 Å². The summed E-state index contributed by atoms with van der Waals surface area (Å²) in [6, 6.07) is 3.14. The second-order valence-electron chi connectivity index (χ2n) is 5.09. The maximum atomic E-state index is 12.1. The molecule has 0 aliphatic rings. The Bertz CT molecular complexity index is 484. The average molecular weight is 301 g/mol. The molecule has 1 amide bonds. The lowest BCUT2D eigenvalue weighted by atomic mass is 10.1. The molecule has 1 aromatic rings. The van der Waals surface area contributed by atoms with E-state index in [1.54, 1.807) is 12.1 Å². The van der Waals surface area contributed by atoms with Crippen molar-refractivity contribution in [3.05, 3.63) is 22.7 Å². The maximum Gasteiger partial charge on any atom is 0.251 e. The number of hydrogen-bond acceptors (Lipinski definition) is 4. The zero-order valence-corrected chi connectivity index (χ0v) is 13.0. The van der Waals surface area contributed by atoms with E-state index in [0.29, 0.717) is 35.2 Å². The van der Waals surface area contributed by atoms with Crippen LogP contribution in [-0.2, 0) is 0 Å². The predicted octanol–water partition coefficient (Wildman–Crippen LogP) is 2.21. The maximum absolute atomic E-state index is 12.1. The molecule has 1 aromatic carbocycles. The Morgan fingerprint density at radius 1 is 1.45 bits per heavy atom. The van der Waals surface area contributed by atoms with Gasteiger partial charge in [0.25, 0.3) is 5.91 Å². The lowest BCUT2D eigenvalue weighted by Gasteiger charge is -2.19. The molecule has 5 nitrogen and oxygen atoms in total. The number of hydrogen-bond donors (Lipinski definition) is 2. The van der Waals surface area contributed by atoms with Crippen LogP contribution in [0.1, 0.15) is 31.1 Å². The number of rotatable bonds is 6. The van der Waals surface area contributed by atoms with Crippen LogP contribution in [0.25, 0.3) is 0 Å². The Labute approximate surface area is 124 Å². The molecule has 0 fully saturated rings. The third-order valence-electron chi connectivity index (χ3n) is 2.48. The molecule has 0 bridgehead atoms. The van der Waals surface area contributed by atoms with Crippen LogP contribution in [0.2, 0.25) is 5.02 Å². The largest absolute Gasteiger partial charge is 0.493 e. The van der Waals surface area contributed by atoms with Crippen molar-refractivity contribution in [2.75, 3.05) is 20.3 Å². The third kappa shape index (κ3) is 4.58. The van der Waals surface area contributed by atoms with Crippen LogP contribution in [0.4, 0.5) is 0 Å². The van der Waals surface area contributed by atoms with Gasteiger partial charge < -0.3 is 20.5 Å². The zero-order chi connectivity index (χ0) is 15.3. The number of nitrogens with two attached hydrogens (primary N) is 1. The topological polar surface area (TPSA) is 73.6 Å². The molecule has 6 heteroatoms. The quantitative estimate of drug-likeness (QED) is 0.845. The zero-order valence-electron chi connectivity index (χ0n) is 12.2. The standard InChI is InChI=1S/C14H21ClN2O3/c1-5-20-12-10(15)6-9(7-11(12)19-4)13(18)17-8-14(2,3)16/h6-7H,5,8,16H2,1-4H3,(H,17,18). The van der Waals surface area contributed by atoms with E-state index in [2.05, 4.69) is 5.32 Å². The van der Waals surface area contributed by atoms with E-state index in [1.165, 1.54) is 7.11 Å². The highest BCUT2D eigenvalue weighted by atomic mass is 35.5. The molecule has 0 aliphatic carbocycles. The number of nitrogens with one attached hydrogen (secondary N) is 1. The van der Waals surface area contributed by atoms with Crippen molar-refractivity contribution in [2.24, 2.45) is 5.73 Å². The Hall–Kier alpha value is -1.46. The van der Waals surface area contributed by atoms with Gasteiger partial charge in [-0.2, -0.15) is 0 Å². The lowest BCUT2D eigenvalue weighted by molar-refractivity contribution is 0.0945. The summed E-state index contributed by atoms with van der Waals surface area (Å²) in [5.74, 6) is 0.607. The van der Waals surface area contributed by atoms with E-state index < -0.39 is 5.54 Å². The van der Waals surface area contributed by atoms with Crippen LogP contribution in [0, 0.1) is 0 Å². The number of methoxy groups -OCH3 is 1. The van der Waals surface area contributed by atoms with Crippen LogP contribution in [-0.4, -0.2) is 31.7 Å². The molecule has 112 valence electrons. The lowest BCUT2D eigenvalue weighted by Crippen LogP contribution is -2.45. The molecule has 1 rings (SSSR count). The number of ether oxygens (including phenoxy) is 2. The van der Waals surface area contributed by atoms with Crippen molar-refractivity contribution in [3.8, 4) is 11.5 Å². The number of carbonyl (C=O) groups is 1. The molecule has 0 radical (unpaired) electrons. The smallest absolute Gasteiger partial charge is 0.251 e. The van der Waals surface area contributed by atoms with Crippen LogP contribution < -0.4 is 20.5 Å². The summed E-state index contributed by atoms with van der Waals surface area (Å²) in [5.41, 5.74) is 5.75. The van der Waals surface area contributed by atoms with Crippen LogP contribution in [0.3, 0.4) is 0 Å². The molecule has 0 atom stereocenters. The minimum atomic E-state index is -0.477. The summed E-state index contributed by atoms with van der Waals surface area (Å²) in [4.78, 5) is 12.1. The van der Waals surface area contributed by atoms with Gasteiger partial charge in [0.15, 0.2) is 11.5 Å². The Morgan fingerprint density at radius 3 is 2.60 bits per heavy atom. The van der Waals surface area contributed by atoms with Gasteiger partial charge in [-0.3, -0.25) is 4.79 Å². The van der Waals surface area contributed by atoms with Gasteiger partial charge in [-0.15, -0.1) is 0 Å². The van der Waals surface area contributed by atoms with E-state index >= 15 is 0 Å². The van der Waals surface area contributed by atoms with Gasteiger partial charge in [0.05, 0.1) is 18.7 Å². The molecule has 0 heterocycles. The van der Waals surface area contributed by atoms with Gasteiger partial charge in [0.2, 0.25) is 0 Å². The number of carbonyl (C=O) groups excluding carboxylic acids is 1. The Morgan fingerprint density at radius 2 is 2.10 bits per heavy atom. The van der Waals surface area contributed by atoms with Crippen LogP contribution in [0.5, 0.6) is 11.5 Å². The fourth-order valence-electron chi connectivity index (χ4n) is 1.55. The molecule has 0 spiro atoms. The van der Waals surface area contributed by atoms with E-state index in [4.69, 9.17) is 26.8 Å². The summed E-state index contributed by atoms with van der Waals surface area (Å²) in [7, 11) is 1.50. The van der Waals surface area contributed by atoms with Crippen molar-refractivity contribution in [2.45, 2.75) is 26.3 Å². The minimum absolute atomic E-state index is 0.258. The molecular formula is C14H21ClN2O3. The first-order valence-electron chi connectivity index (χ1n) is 6.36. The molecule has 3 N–H and O–H groups in total. The van der Waals surface area contributed by atoms with Crippen molar-refractivity contribution in [1.29, 1.82) is 0 Å². The van der Waals surface area contributed by atoms with Gasteiger partial charge >= 0.3 is 0 Å². The highest BCUT2D eigenvalue weighted by Crippen LogP contribution is 2.36. The van der Waals surface area contributed by atoms with Crippen molar-refractivity contribution in [1.82, 2.24) is 5.32 Å². The fourth-order valence-corrected chi connectivity index (χ4v) is 1.81. The first kappa shape index (κ1) is 16.6. The van der Waals surface area contributed by atoms with Gasteiger partial charge in [-0.1, -0.05) is 11.6 Å². The van der Waals surface area contributed by atoms with Gasteiger partial charge in [0, 0.05) is 17.6 Å². The molecule has 0 saturated carbocycles. The normalized spacial score (nSPS) is 11.1. The van der Waals surface area contributed by atoms with E-state index in [9.17, 15) is 4.79 Å². The molecule has 0 unspecified atom stereocenters. The van der Waals surface area contributed by atoms with Crippen molar-refractivity contribution in [3.63, 3.8) is 0 Å². The first-order chi connectivity index (χ1) is 9.28. The summed E-state index contributed by atoms with van der Waals surface area (Å²) in [5, 5.41) is 3.09. The van der Waals surface area contributed by atoms with E-state index in [-0.39, 0.29) is 5.91 Å². The third-order valence-corrected chi connectivity index (χ3v) is 2.77. The molecule has 20 heavy (non-hydrogen) atoms. The van der Waals surface area contributed by atoms with Gasteiger partial charge in [-0.25, -0.2) is 0 Å². The van der Waals surface area contributed by atoms with Crippen LogP contribution in [0.15, 0.2) is 12.1 Å². The fraction of sp³-hybridized carbons (Fsp3) is 0.500. The number of benzene rings is 1. The second-order valence-corrected chi connectivity index (χ2v) is 5.50. The number of amides is 1. The Balaban J connectivity index is 2.96. The van der Waals surface area contributed by atoms with Gasteiger partial charge in [-0.05, 0) is 32.9 Å². The van der Waals surface area contributed by atoms with Crippen LogP contribution >= 0.6 is 11.6 Å². The molecule has 0 aromatic heterocycles. The minimum Gasteiger partial charge on any atom is -0.493 e. The first-order valence-corrected chi connectivity index (χ1v) is 6.73. The van der Waals surface area contributed by atoms with Crippen molar-refractivity contribution >= 4 is 17.5 Å². The second kappa shape index (κ2) is 6.81. The predicted molar refractivity (Wildman–Crippen MR) is 79.8 cm³/mol.